The first-order valence-electron chi connectivity index (χ1n) is 7.62. The minimum absolute atomic E-state index is 0.00583. The third-order valence-electron chi connectivity index (χ3n) is 4.08. The van der Waals surface area contributed by atoms with Crippen LogP contribution in [-0.2, 0) is 11.5 Å². The van der Waals surface area contributed by atoms with E-state index in [0.717, 1.165) is 36.8 Å². The lowest BCUT2D eigenvalue weighted by Crippen LogP contribution is -2.47. The fourth-order valence-electron chi connectivity index (χ4n) is 3.08. The van der Waals surface area contributed by atoms with Gasteiger partial charge in [-0.1, -0.05) is 0 Å². The number of carbonyl (C=O) groups is 1. The van der Waals surface area contributed by atoms with E-state index >= 15 is 0 Å². The Morgan fingerprint density at radius 3 is 3.09 bits per heavy atom. The molecule has 122 valence electrons. The van der Waals surface area contributed by atoms with Crippen molar-refractivity contribution >= 4 is 22.5 Å². The first-order valence-corrected chi connectivity index (χ1v) is 7.62. The Balaban J connectivity index is 1.73. The van der Waals surface area contributed by atoms with Gasteiger partial charge < -0.3 is 5.32 Å². The molecule has 23 heavy (non-hydrogen) atoms. The van der Waals surface area contributed by atoms with E-state index in [0.29, 0.717) is 6.67 Å². The largest absolute Gasteiger partial charge is 0.352 e. The minimum Gasteiger partial charge on any atom is -0.352 e. The fraction of sp³-hybridized carbons (Fsp3) is 0.467. The van der Waals surface area contributed by atoms with Gasteiger partial charge in [-0.2, -0.15) is 5.10 Å². The van der Waals surface area contributed by atoms with Gasteiger partial charge in [0.1, 0.15) is 0 Å². The van der Waals surface area contributed by atoms with E-state index in [1.54, 1.807) is 12.3 Å². The number of nitrogens with zero attached hydrogens (tertiary/aromatic N) is 4. The minimum atomic E-state index is -0.403. The molecule has 1 amide bonds. The van der Waals surface area contributed by atoms with Crippen molar-refractivity contribution in [2.24, 2.45) is 0 Å². The van der Waals surface area contributed by atoms with Crippen molar-refractivity contribution in [3.63, 3.8) is 0 Å². The third kappa shape index (κ3) is 3.48. The van der Waals surface area contributed by atoms with Gasteiger partial charge in [-0.05, 0) is 18.9 Å². The first kappa shape index (κ1) is 15.4. The molecular formula is C15H19N5O3. The highest BCUT2D eigenvalue weighted by Gasteiger charge is 2.21. The highest BCUT2D eigenvalue weighted by Crippen LogP contribution is 2.21. The zero-order chi connectivity index (χ0) is 16.4. The average molecular weight is 317 g/mol. The van der Waals surface area contributed by atoms with Crippen LogP contribution in [0.2, 0.25) is 0 Å². The van der Waals surface area contributed by atoms with Crippen LogP contribution in [0.4, 0.5) is 5.69 Å². The van der Waals surface area contributed by atoms with Crippen LogP contribution in [0, 0.1) is 10.1 Å². The number of amides is 1. The molecule has 0 spiro atoms. The Kier molecular flexibility index (Phi) is 4.24. The van der Waals surface area contributed by atoms with Gasteiger partial charge in [-0.25, -0.2) is 0 Å². The fourth-order valence-corrected chi connectivity index (χ4v) is 3.08. The van der Waals surface area contributed by atoms with E-state index in [1.165, 1.54) is 19.1 Å². The van der Waals surface area contributed by atoms with Gasteiger partial charge in [0.2, 0.25) is 5.91 Å². The van der Waals surface area contributed by atoms with E-state index in [1.807, 2.05) is 4.68 Å². The Morgan fingerprint density at radius 2 is 2.35 bits per heavy atom. The molecule has 1 atom stereocenters. The van der Waals surface area contributed by atoms with Crippen molar-refractivity contribution in [3.8, 4) is 0 Å². The van der Waals surface area contributed by atoms with Crippen molar-refractivity contribution in [2.75, 3.05) is 13.1 Å². The predicted octanol–water partition coefficient (Wildman–Crippen LogP) is 1.50. The number of hydrogen-bond acceptors (Lipinski definition) is 5. The summed E-state index contributed by atoms with van der Waals surface area (Å²) in [6.45, 7) is 3.88. The topological polar surface area (TPSA) is 93.3 Å². The second-order valence-electron chi connectivity index (χ2n) is 5.90. The summed E-state index contributed by atoms with van der Waals surface area (Å²) in [6, 6.07) is 4.94. The molecule has 2 heterocycles. The number of carbonyl (C=O) groups excluding carboxylic acids is 1. The maximum Gasteiger partial charge on any atom is 0.270 e. The SMILES string of the molecule is CC(=O)N[C@@H]1CCCN(Cn2ncc3cc([N+](=O)[O-])ccc32)C1. The molecule has 1 aromatic heterocycles. The quantitative estimate of drug-likeness (QED) is 0.681. The number of nitro benzene ring substituents is 1. The lowest BCUT2D eigenvalue weighted by Gasteiger charge is -2.32. The standard InChI is InChI=1S/C15H19N5O3/c1-11(21)17-13-3-2-6-18(9-13)10-19-15-5-4-14(20(22)23)7-12(15)8-16-19/h4-5,7-8,13H,2-3,6,9-10H2,1H3,(H,17,21)/t13-/m1/s1. The normalized spacial score (nSPS) is 18.9. The van der Waals surface area contributed by atoms with Crippen molar-refractivity contribution in [3.05, 3.63) is 34.5 Å². The monoisotopic (exact) mass is 317 g/mol. The first-order chi connectivity index (χ1) is 11.0. The molecule has 2 aromatic rings. The van der Waals surface area contributed by atoms with Crippen molar-refractivity contribution < 1.29 is 9.72 Å². The second-order valence-corrected chi connectivity index (χ2v) is 5.90. The number of fused-ring (bicyclic) bond motifs is 1. The van der Waals surface area contributed by atoms with Crippen LogP contribution in [0.5, 0.6) is 0 Å². The zero-order valence-electron chi connectivity index (χ0n) is 12.9. The second kappa shape index (κ2) is 6.33. The number of nitro groups is 1. The van der Waals surface area contributed by atoms with Crippen LogP contribution in [-0.4, -0.2) is 44.6 Å². The number of aromatic nitrogens is 2. The van der Waals surface area contributed by atoms with Crippen LogP contribution in [0.25, 0.3) is 10.9 Å². The molecule has 0 radical (unpaired) electrons. The summed E-state index contributed by atoms with van der Waals surface area (Å²) in [6.07, 6.45) is 3.66. The van der Waals surface area contributed by atoms with Gasteiger partial charge in [-0.3, -0.25) is 24.5 Å². The van der Waals surface area contributed by atoms with Gasteiger partial charge in [0.15, 0.2) is 0 Å². The highest BCUT2D eigenvalue weighted by molar-refractivity contribution is 5.81. The molecule has 1 aliphatic heterocycles. The van der Waals surface area contributed by atoms with E-state index in [4.69, 9.17) is 0 Å². The molecule has 0 aliphatic carbocycles. The summed E-state index contributed by atoms with van der Waals surface area (Å²) >= 11 is 0. The molecule has 0 unspecified atom stereocenters. The molecule has 3 rings (SSSR count). The molecule has 0 saturated carbocycles. The predicted molar refractivity (Wildman–Crippen MR) is 84.8 cm³/mol. The van der Waals surface area contributed by atoms with E-state index in [9.17, 15) is 14.9 Å². The molecule has 0 bridgehead atoms. The number of hydrogen-bond donors (Lipinski definition) is 1. The number of benzene rings is 1. The zero-order valence-corrected chi connectivity index (χ0v) is 12.9. The molecule has 8 nitrogen and oxygen atoms in total. The number of non-ortho nitro benzene ring substituents is 1. The summed E-state index contributed by atoms with van der Waals surface area (Å²) in [5.41, 5.74) is 0.943. The molecule has 1 N–H and O–H groups in total. The number of likely N-dealkylation sites (tertiary alicyclic amines) is 1. The maximum atomic E-state index is 11.2. The van der Waals surface area contributed by atoms with Crippen LogP contribution in [0.3, 0.4) is 0 Å². The Labute approximate surface area is 133 Å². The Bertz CT molecular complexity index is 742. The van der Waals surface area contributed by atoms with Crippen molar-refractivity contribution in [1.29, 1.82) is 0 Å². The summed E-state index contributed by atoms with van der Waals surface area (Å²) in [7, 11) is 0. The van der Waals surface area contributed by atoms with Gasteiger partial charge in [-0.15, -0.1) is 0 Å². The van der Waals surface area contributed by atoms with E-state index in [-0.39, 0.29) is 17.6 Å². The van der Waals surface area contributed by atoms with Crippen LogP contribution in [0.15, 0.2) is 24.4 Å². The van der Waals surface area contributed by atoms with E-state index < -0.39 is 4.92 Å². The summed E-state index contributed by atoms with van der Waals surface area (Å²) in [4.78, 5) is 23.9. The van der Waals surface area contributed by atoms with Gasteiger partial charge in [0.05, 0.1) is 23.3 Å². The van der Waals surface area contributed by atoms with Crippen LogP contribution >= 0.6 is 0 Å². The maximum absolute atomic E-state index is 11.2. The smallest absolute Gasteiger partial charge is 0.270 e. The lowest BCUT2D eigenvalue weighted by molar-refractivity contribution is -0.384. The lowest BCUT2D eigenvalue weighted by atomic mass is 10.1. The molecule has 1 saturated heterocycles. The summed E-state index contributed by atoms with van der Waals surface area (Å²) in [5.74, 6) is -0.00583. The highest BCUT2D eigenvalue weighted by atomic mass is 16.6. The van der Waals surface area contributed by atoms with Crippen molar-refractivity contribution in [1.82, 2.24) is 20.0 Å². The third-order valence-corrected chi connectivity index (χ3v) is 4.08. The Morgan fingerprint density at radius 1 is 1.52 bits per heavy atom. The number of rotatable bonds is 4. The molecule has 1 fully saturated rings. The molecule has 8 heteroatoms. The molecule has 1 aromatic carbocycles. The Hall–Kier alpha value is -2.48. The molecular weight excluding hydrogens is 298 g/mol. The van der Waals surface area contributed by atoms with Crippen molar-refractivity contribution in [2.45, 2.75) is 32.5 Å². The number of piperidine rings is 1. The van der Waals surface area contributed by atoms with Crippen LogP contribution in [0.1, 0.15) is 19.8 Å². The van der Waals surface area contributed by atoms with Gasteiger partial charge in [0.25, 0.3) is 5.69 Å². The average Bonchev–Trinajstić information content (AvgIpc) is 2.89. The van der Waals surface area contributed by atoms with E-state index in [2.05, 4.69) is 15.3 Å². The van der Waals surface area contributed by atoms with Crippen LogP contribution < -0.4 is 5.32 Å². The molecule has 1 aliphatic rings. The van der Waals surface area contributed by atoms with Gasteiger partial charge >= 0.3 is 0 Å². The summed E-state index contributed by atoms with van der Waals surface area (Å²) in [5, 5.41) is 18.9. The van der Waals surface area contributed by atoms with Gasteiger partial charge in [0, 0.05) is 43.6 Å². The number of nitrogens with one attached hydrogen (secondary N) is 1. The summed E-state index contributed by atoms with van der Waals surface area (Å²) < 4.78 is 1.84.